The van der Waals surface area contributed by atoms with E-state index in [1.54, 1.807) is 17.3 Å². The molecule has 1 aromatic carbocycles. The summed E-state index contributed by atoms with van der Waals surface area (Å²) in [6.45, 7) is 2.01. The van der Waals surface area contributed by atoms with E-state index < -0.39 is 0 Å². The van der Waals surface area contributed by atoms with E-state index in [-0.39, 0.29) is 11.9 Å². The van der Waals surface area contributed by atoms with E-state index in [0.717, 1.165) is 11.1 Å². The van der Waals surface area contributed by atoms with Gasteiger partial charge in [-0.2, -0.15) is 0 Å². The molecule has 1 heterocycles. The maximum atomic E-state index is 12.3. The molecule has 2 N–H and O–H groups in total. The number of pyridine rings is 1. The van der Waals surface area contributed by atoms with Crippen LogP contribution in [0.2, 0.25) is 0 Å². The fourth-order valence-corrected chi connectivity index (χ4v) is 2.08. The zero-order valence-electron chi connectivity index (χ0n) is 11.8. The Morgan fingerprint density at radius 2 is 2.00 bits per heavy atom. The Morgan fingerprint density at radius 1 is 1.30 bits per heavy atom. The van der Waals surface area contributed by atoms with Crippen LogP contribution >= 0.6 is 0 Å². The highest BCUT2D eigenvalue weighted by atomic mass is 16.2. The van der Waals surface area contributed by atoms with Crippen molar-refractivity contribution in [2.75, 3.05) is 12.8 Å². The molecule has 0 saturated heterocycles. The topological polar surface area (TPSA) is 59.2 Å². The zero-order valence-corrected chi connectivity index (χ0v) is 11.8. The fraction of sp³-hybridized carbons (Fsp3) is 0.250. The highest BCUT2D eigenvalue weighted by Gasteiger charge is 2.17. The largest absolute Gasteiger partial charge is 0.399 e. The minimum Gasteiger partial charge on any atom is -0.399 e. The zero-order chi connectivity index (χ0) is 14.5. The monoisotopic (exact) mass is 269 g/mol. The van der Waals surface area contributed by atoms with Gasteiger partial charge in [0.25, 0.3) is 0 Å². The number of amides is 1. The molecule has 1 unspecified atom stereocenters. The Balaban J connectivity index is 2.05. The number of nitrogens with two attached hydrogens (primary N) is 1. The Labute approximate surface area is 119 Å². The SMILES string of the molecule is CC(c1ccncc1)N(C)C(=O)Cc1cccc(N)c1. The van der Waals surface area contributed by atoms with Crippen molar-refractivity contribution in [1.29, 1.82) is 0 Å². The first-order valence-electron chi connectivity index (χ1n) is 6.58. The number of nitrogen functional groups attached to an aromatic ring is 1. The molecule has 0 saturated carbocycles. The van der Waals surface area contributed by atoms with Gasteiger partial charge in [0.2, 0.25) is 5.91 Å². The van der Waals surface area contributed by atoms with Crippen LogP contribution in [0.3, 0.4) is 0 Å². The van der Waals surface area contributed by atoms with Gasteiger partial charge in [0.1, 0.15) is 0 Å². The number of benzene rings is 1. The summed E-state index contributed by atoms with van der Waals surface area (Å²) in [5.41, 5.74) is 8.42. The second-order valence-corrected chi connectivity index (χ2v) is 4.88. The van der Waals surface area contributed by atoms with Crippen LogP contribution in [0.5, 0.6) is 0 Å². The summed E-state index contributed by atoms with van der Waals surface area (Å²) < 4.78 is 0. The van der Waals surface area contributed by atoms with Crippen LogP contribution in [0.15, 0.2) is 48.8 Å². The molecular weight excluding hydrogens is 250 g/mol. The lowest BCUT2D eigenvalue weighted by atomic mass is 10.1. The van der Waals surface area contributed by atoms with Gasteiger partial charge in [-0.3, -0.25) is 9.78 Å². The lowest BCUT2D eigenvalue weighted by molar-refractivity contribution is -0.131. The first-order chi connectivity index (χ1) is 9.58. The first-order valence-corrected chi connectivity index (χ1v) is 6.58. The molecule has 1 amide bonds. The van der Waals surface area contributed by atoms with Crippen molar-refractivity contribution in [2.45, 2.75) is 19.4 Å². The van der Waals surface area contributed by atoms with Crippen LogP contribution in [0, 0.1) is 0 Å². The Kier molecular flexibility index (Phi) is 4.35. The van der Waals surface area contributed by atoms with Gasteiger partial charge in [0.15, 0.2) is 0 Å². The summed E-state index contributed by atoms with van der Waals surface area (Å²) in [4.78, 5) is 18.0. The molecule has 0 aliphatic carbocycles. The molecular formula is C16H19N3O. The molecule has 4 nitrogen and oxygen atoms in total. The van der Waals surface area contributed by atoms with Gasteiger partial charge < -0.3 is 10.6 Å². The fourth-order valence-electron chi connectivity index (χ4n) is 2.08. The van der Waals surface area contributed by atoms with E-state index in [2.05, 4.69) is 4.98 Å². The Bertz CT molecular complexity index is 583. The molecule has 2 aromatic rings. The molecule has 4 heteroatoms. The van der Waals surface area contributed by atoms with Gasteiger partial charge in [-0.25, -0.2) is 0 Å². The van der Waals surface area contributed by atoms with E-state index in [0.29, 0.717) is 12.1 Å². The van der Waals surface area contributed by atoms with E-state index in [9.17, 15) is 4.79 Å². The summed E-state index contributed by atoms with van der Waals surface area (Å²) >= 11 is 0. The van der Waals surface area contributed by atoms with Gasteiger partial charge in [-0.1, -0.05) is 12.1 Å². The highest BCUT2D eigenvalue weighted by Crippen LogP contribution is 2.19. The van der Waals surface area contributed by atoms with Crippen LogP contribution in [-0.2, 0) is 11.2 Å². The van der Waals surface area contributed by atoms with Crippen molar-refractivity contribution in [3.63, 3.8) is 0 Å². The third-order valence-corrected chi connectivity index (χ3v) is 3.47. The molecule has 104 valence electrons. The number of hydrogen-bond donors (Lipinski definition) is 1. The number of rotatable bonds is 4. The molecule has 2 rings (SSSR count). The summed E-state index contributed by atoms with van der Waals surface area (Å²) in [5, 5.41) is 0. The quantitative estimate of drug-likeness (QED) is 0.867. The van der Waals surface area contributed by atoms with Crippen molar-refractivity contribution >= 4 is 11.6 Å². The highest BCUT2D eigenvalue weighted by molar-refractivity contribution is 5.79. The number of carbonyl (C=O) groups excluding carboxylic acids is 1. The number of anilines is 1. The summed E-state index contributed by atoms with van der Waals surface area (Å²) in [7, 11) is 1.82. The second-order valence-electron chi connectivity index (χ2n) is 4.88. The van der Waals surface area contributed by atoms with Crippen molar-refractivity contribution < 1.29 is 4.79 Å². The van der Waals surface area contributed by atoms with E-state index in [1.807, 2.05) is 50.4 Å². The van der Waals surface area contributed by atoms with Crippen LogP contribution in [0.25, 0.3) is 0 Å². The summed E-state index contributed by atoms with van der Waals surface area (Å²) in [6, 6.07) is 11.3. The van der Waals surface area contributed by atoms with Crippen LogP contribution in [0.1, 0.15) is 24.1 Å². The lowest BCUT2D eigenvalue weighted by Gasteiger charge is -2.25. The minimum absolute atomic E-state index is 0.0200. The molecule has 20 heavy (non-hydrogen) atoms. The van der Waals surface area contributed by atoms with Crippen molar-refractivity contribution in [2.24, 2.45) is 0 Å². The Morgan fingerprint density at radius 3 is 2.65 bits per heavy atom. The van der Waals surface area contributed by atoms with Crippen LogP contribution < -0.4 is 5.73 Å². The number of hydrogen-bond acceptors (Lipinski definition) is 3. The second kappa shape index (κ2) is 6.19. The van der Waals surface area contributed by atoms with Crippen molar-refractivity contribution in [3.05, 3.63) is 59.9 Å². The molecule has 0 aliphatic rings. The van der Waals surface area contributed by atoms with Gasteiger partial charge >= 0.3 is 0 Å². The first kappa shape index (κ1) is 14.1. The van der Waals surface area contributed by atoms with Gasteiger partial charge in [-0.05, 0) is 42.3 Å². The lowest BCUT2D eigenvalue weighted by Crippen LogP contribution is -2.31. The predicted molar refractivity (Wildman–Crippen MR) is 80.0 cm³/mol. The molecule has 0 spiro atoms. The van der Waals surface area contributed by atoms with Gasteiger partial charge in [0, 0.05) is 25.1 Å². The van der Waals surface area contributed by atoms with Crippen LogP contribution in [-0.4, -0.2) is 22.8 Å². The number of carbonyl (C=O) groups is 1. The molecule has 0 aliphatic heterocycles. The normalized spacial score (nSPS) is 11.9. The maximum absolute atomic E-state index is 12.3. The molecule has 0 radical (unpaired) electrons. The van der Waals surface area contributed by atoms with E-state index in [4.69, 9.17) is 5.73 Å². The van der Waals surface area contributed by atoms with Crippen molar-refractivity contribution in [3.8, 4) is 0 Å². The molecule has 0 bridgehead atoms. The van der Waals surface area contributed by atoms with Crippen LogP contribution in [0.4, 0.5) is 5.69 Å². The Hall–Kier alpha value is -2.36. The molecule has 1 aromatic heterocycles. The maximum Gasteiger partial charge on any atom is 0.227 e. The van der Waals surface area contributed by atoms with E-state index >= 15 is 0 Å². The predicted octanol–water partition coefficient (Wildman–Crippen LogP) is 2.43. The minimum atomic E-state index is 0.0200. The number of nitrogens with zero attached hydrogens (tertiary/aromatic N) is 2. The third kappa shape index (κ3) is 3.35. The standard InChI is InChI=1S/C16H19N3O/c1-12(14-6-8-18-9-7-14)19(2)16(20)11-13-4-3-5-15(17)10-13/h3-10,12H,11,17H2,1-2H3. The average molecular weight is 269 g/mol. The molecule has 0 fully saturated rings. The molecule has 1 atom stereocenters. The summed E-state index contributed by atoms with van der Waals surface area (Å²) in [5.74, 6) is 0.0694. The van der Waals surface area contributed by atoms with Gasteiger partial charge in [-0.15, -0.1) is 0 Å². The smallest absolute Gasteiger partial charge is 0.227 e. The third-order valence-electron chi connectivity index (χ3n) is 3.47. The average Bonchev–Trinajstić information content (AvgIpc) is 2.46. The number of aromatic nitrogens is 1. The van der Waals surface area contributed by atoms with Crippen molar-refractivity contribution in [1.82, 2.24) is 9.88 Å². The summed E-state index contributed by atoms with van der Waals surface area (Å²) in [6.07, 6.45) is 3.83. The van der Waals surface area contributed by atoms with Gasteiger partial charge in [0.05, 0.1) is 12.5 Å². The van der Waals surface area contributed by atoms with E-state index in [1.165, 1.54) is 0 Å². The number of likely N-dealkylation sites (N-methyl/N-ethyl adjacent to an activating group) is 1.